The molecule has 0 fully saturated rings. The number of hydrogen-bond acceptors (Lipinski definition) is 1. The second-order valence-electron chi connectivity index (χ2n) is 5.69. The molecule has 118 valence electrons. The molecule has 0 saturated heterocycles. The van der Waals surface area contributed by atoms with E-state index in [1.165, 1.54) is 17.2 Å². The molecule has 4 heteroatoms. The number of benzene rings is 2. The Balaban J connectivity index is 1.64. The van der Waals surface area contributed by atoms with Crippen molar-refractivity contribution in [2.45, 2.75) is 13.3 Å². The van der Waals surface area contributed by atoms with E-state index in [1.54, 1.807) is 13.0 Å². The second kappa shape index (κ2) is 6.92. The normalized spacial score (nSPS) is 14.3. The Hall–Kier alpha value is -2.20. The largest absolute Gasteiger partial charge is 0.345 e. The van der Waals surface area contributed by atoms with Crippen LogP contribution in [0, 0.1) is 12.7 Å². The number of aryl methyl sites for hydroxylation is 1. The third kappa shape index (κ3) is 3.77. The second-order valence-corrected chi connectivity index (χ2v) is 6.07. The average molecular weight is 326 g/mol. The van der Waals surface area contributed by atoms with Crippen molar-refractivity contribution in [3.05, 3.63) is 71.6 Å². The van der Waals surface area contributed by atoms with Crippen LogP contribution in [-0.4, -0.2) is 23.1 Å². The van der Waals surface area contributed by atoms with Crippen molar-refractivity contribution in [1.29, 1.82) is 0 Å². The van der Waals surface area contributed by atoms with Crippen LogP contribution in [0.2, 0.25) is 0 Å². The highest BCUT2D eigenvalue weighted by Gasteiger charge is 2.15. The van der Waals surface area contributed by atoms with Gasteiger partial charge in [0.25, 0.3) is 0 Å². The summed E-state index contributed by atoms with van der Waals surface area (Å²) in [5.74, 6) is -0.220. The van der Waals surface area contributed by atoms with Gasteiger partial charge in [-0.3, -0.25) is 0 Å². The quantitative estimate of drug-likeness (QED) is 0.811. The number of thiocarbonyl (C=S) groups is 1. The first-order valence-electron chi connectivity index (χ1n) is 7.70. The standard InChI is InChI=1S/C19H19FN2S/c1-14-7-8-17(13-18(14)20)21-19(23)22-11-9-16(10-12-22)15-5-3-2-4-6-15/h2-9,13H,10-12H2,1H3,(H,21,23). The predicted octanol–water partition coefficient (Wildman–Crippen LogP) is 4.62. The average Bonchev–Trinajstić information content (AvgIpc) is 2.59. The van der Waals surface area contributed by atoms with E-state index in [9.17, 15) is 4.39 Å². The van der Waals surface area contributed by atoms with Crippen LogP contribution in [0.1, 0.15) is 17.5 Å². The van der Waals surface area contributed by atoms with Crippen molar-refractivity contribution in [1.82, 2.24) is 4.90 Å². The van der Waals surface area contributed by atoms with Crippen LogP contribution >= 0.6 is 12.2 Å². The van der Waals surface area contributed by atoms with Gasteiger partial charge in [0.2, 0.25) is 0 Å². The van der Waals surface area contributed by atoms with Gasteiger partial charge >= 0.3 is 0 Å². The molecule has 0 saturated carbocycles. The molecule has 0 amide bonds. The minimum absolute atomic E-state index is 0.220. The van der Waals surface area contributed by atoms with Crippen LogP contribution in [0.5, 0.6) is 0 Å². The van der Waals surface area contributed by atoms with Gasteiger partial charge in [0.05, 0.1) is 0 Å². The maximum atomic E-state index is 13.6. The van der Waals surface area contributed by atoms with Crippen molar-refractivity contribution in [3.8, 4) is 0 Å². The highest BCUT2D eigenvalue weighted by molar-refractivity contribution is 7.80. The summed E-state index contributed by atoms with van der Waals surface area (Å²) >= 11 is 5.45. The molecular weight excluding hydrogens is 307 g/mol. The van der Waals surface area contributed by atoms with Gasteiger partial charge in [-0.15, -0.1) is 0 Å². The van der Waals surface area contributed by atoms with E-state index < -0.39 is 0 Å². The SMILES string of the molecule is Cc1ccc(NC(=S)N2CC=C(c3ccccc3)CC2)cc1F. The van der Waals surface area contributed by atoms with Gasteiger partial charge in [-0.1, -0.05) is 42.5 Å². The van der Waals surface area contributed by atoms with E-state index in [4.69, 9.17) is 12.2 Å². The van der Waals surface area contributed by atoms with Crippen LogP contribution in [0.3, 0.4) is 0 Å². The zero-order valence-corrected chi connectivity index (χ0v) is 13.9. The number of nitrogens with zero attached hydrogens (tertiary/aromatic N) is 1. The van der Waals surface area contributed by atoms with Gasteiger partial charge in [0.1, 0.15) is 5.82 Å². The smallest absolute Gasteiger partial charge is 0.173 e. The molecule has 1 heterocycles. The highest BCUT2D eigenvalue weighted by Crippen LogP contribution is 2.22. The molecule has 2 aromatic rings. The minimum atomic E-state index is -0.220. The maximum Gasteiger partial charge on any atom is 0.173 e. The van der Waals surface area contributed by atoms with E-state index >= 15 is 0 Å². The molecule has 1 N–H and O–H groups in total. The number of rotatable bonds is 2. The lowest BCUT2D eigenvalue weighted by Gasteiger charge is -2.29. The summed E-state index contributed by atoms with van der Waals surface area (Å²) in [6.07, 6.45) is 3.16. The van der Waals surface area contributed by atoms with Crippen LogP contribution < -0.4 is 5.32 Å². The van der Waals surface area contributed by atoms with E-state index in [2.05, 4.69) is 40.6 Å². The molecule has 0 aromatic heterocycles. The molecule has 2 aromatic carbocycles. The first kappa shape index (κ1) is 15.7. The molecular formula is C19H19FN2S. The lowest BCUT2D eigenvalue weighted by molar-refractivity contribution is 0.466. The summed E-state index contributed by atoms with van der Waals surface area (Å²) in [5, 5.41) is 3.76. The third-order valence-corrected chi connectivity index (χ3v) is 4.42. The lowest BCUT2D eigenvalue weighted by Crippen LogP contribution is -2.37. The van der Waals surface area contributed by atoms with Crippen molar-refractivity contribution < 1.29 is 4.39 Å². The molecule has 1 aliphatic rings. The molecule has 0 aliphatic carbocycles. The highest BCUT2D eigenvalue weighted by atomic mass is 32.1. The van der Waals surface area contributed by atoms with Gasteiger partial charge < -0.3 is 10.2 Å². The Morgan fingerprint density at radius 3 is 2.61 bits per heavy atom. The van der Waals surface area contributed by atoms with Crippen LogP contribution in [0.4, 0.5) is 10.1 Å². The monoisotopic (exact) mass is 326 g/mol. The Bertz CT molecular complexity index is 740. The Labute approximate surface area is 141 Å². The van der Waals surface area contributed by atoms with Crippen molar-refractivity contribution in [3.63, 3.8) is 0 Å². The van der Waals surface area contributed by atoms with Crippen LogP contribution in [0.25, 0.3) is 5.57 Å². The molecule has 3 rings (SSSR count). The van der Waals surface area contributed by atoms with Gasteiger partial charge in [0, 0.05) is 18.8 Å². The fourth-order valence-electron chi connectivity index (χ4n) is 2.64. The summed E-state index contributed by atoms with van der Waals surface area (Å²) in [6, 6.07) is 15.5. The van der Waals surface area contributed by atoms with Crippen LogP contribution in [-0.2, 0) is 0 Å². The number of nitrogens with one attached hydrogen (secondary N) is 1. The molecule has 1 aliphatic heterocycles. The minimum Gasteiger partial charge on any atom is -0.345 e. The first-order chi connectivity index (χ1) is 11.1. The van der Waals surface area contributed by atoms with Gasteiger partial charge in [-0.25, -0.2) is 4.39 Å². The predicted molar refractivity (Wildman–Crippen MR) is 98.0 cm³/mol. The Morgan fingerprint density at radius 1 is 1.17 bits per heavy atom. The lowest BCUT2D eigenvalue weighted by atomic mass is 10.00. The molecule has 0 unspecified atom stereocenters. The molecule has 0 radical (unpaired) electrons. The third-order valence-electron chi connectivity index (χ3n) is 4.06. The van der Waals surface area contributed by atoms with Crippen molar-refractivity contribution >= 4 is 28.6 Å². The van der Waals surface area contributed by atoms with Crippen molar-refractivity contribution in [2.24, 2.45) is 0 Å². The fraction of sp³-hybridized carbons (Fsp3) is 0.211. The maximum absolute atomic E-state index is 13.6. The zero-order chi connectivity index (χ0) is 16.2. The van der Waals surface area contributed by atoms with E-state index in [0.29, 0.717) is 16.4 Å². The van der Waals surface area contributed by atoms with Gasteiger partial charge in [0.15, 0.2) is 5.11 Å². The molecule has 0 atom stereocenters. The number of halogens is 1. The molecule has 0 spiro atoms. The van der Waals surface area contributed by atoms with E-state index in [0.717, 1.165) is 19.5 Å². The number of hydrogen-bond donors (Lipinski definition) is 1. The van der Waals surface area contributed by atoms with E-state index in [1.807, 2.05) is 12.1 Å². The Morgan fingerprint density at radius 2 is 1.96 bits per heavy atom. The number of anilines is 1. The van der Waals surface area contributed by atoms with Gasteiger partial charge in [-0.05, 0) is 54.4 Å². The first-order valence-corrected chi connectivity index (χ1v) is 8.11. The summed E-state index contributed by atoms with van der Waals surface area (Å²) in [7, 11) is 0. The van der Waals surface area contributed by atoms with Crippen LogP contribution in [0.15, 0.2) is 54.6 Å². The Kier molecular flexibility index (Phi) is 4.72. The molecule has 23 heavy (non-hydrogen) atoms. The summed E-state index contributed by atoms with van der Waals surface area (Å²) in [6.45, 7) is 3.38. The van der Waals surface area contributed by atoms with E-state index in [-0.39, 0.29) is 5.82 Å². The summed E-state index contributed by atoms with van der Waals surface area (Å²) in [5.41, 5.74) is 3.95. The van der Waals surface area contributed by atoms with Crippen molar-refractivity contribution in [2.75, 3.05) is 18.4 Å². The fourth-order valence-corrected chi connectivity index (χ4v) is 2.92. The summed E-state index contributed by atoms with van der Waals surface area (Å²) < 4.78 is 13.6. The molecule has 2 nitrogen and oxygen atoms in total. The molecule has 0 bridgehead atoms. The summed E-state index contributed by atoms with van der Waals surface area (Å²) in [4.78, 5) is 2.10. The topological polar surface area (TPSA) is 15.3 Å². The van der Waals surface area contributed by atoms with Gasteiger partial charge in [-0.2, -0.15) is 0 Å². The zero-order valence-electron chi connectivity index (χ0n) is 13.1.